The lowest BCUT2D eigenvalue weighted by Crippen LogP contribution is -2.40. The van der Waals surface area contributed by atoms with Gasteiger partial charge in [0.2, 0.25) is 0 Å². The van der Waals surface area contributed by atoms with Gasteiger partial charge >= 0.3 is 0 Å². The zero-order valence-corrected chi connectivity index (χ0v) is 23.5. The highest BCUT2D eigenvalue weighted by Gasteiger charge is 2.34. The van der Waals surface area contributed by atoms with Crippen molar-refractivity contribution in [2.45, 2.75) is 19.9 Å². The number of methoxy groups -OCH3 is 2. The number of hydrogen-bond donors (Lipinski definition) is 1. The number of hydrogen-bond acceptors (Lipinski definition) is 8. The van der Waals surface area contributed by atoms with Crippen LogP contribution in [-0.4, -0.2) is 29.6 Å². The van der Waals surface area contributed by atoms with Crippen LogP contribution in [0.4, 0.5) is 11.4 Å². The summed E-state index contributed by atoms with van der Waals surface area (Å²) in [6, 6.07) is 18.1. The Morgan fingerprint density at radius 3 is 2.51 bits per heavy atom. The van der Waals surface area contributed by atoms with E-state index in [9.17, 15) is 19.7 Å². The van der Waals surface area contributed by atoms with Crippen LogP contribution in [0.5, 0.6) is 11.5 Å². The molecule has 1 aromatic heterocycles. The molecule has 1 atom stereocenters. The Morgan fingerprint density at radius 2 is 1.83 bits per heavy atom. The molecule has 10 nitrogen and oxygen atoms in total. The van der Waals surface area contributed by atoms with Gasteiger partial charge in [0.15, 0.2) is 4.80 Å². The molecule has 1 N–H and O–H groups in total. The number of carbonyl (C=O) groups is 1. The van der Waals surface area contributed by atoms with Gasteiger partial charge in [0.1, 0.15) is 17.5 Å². The van der Waals surface area contributed by atoms with Crippen molar-refractivity contribution < 1.29 is 19.2 Å². The van der Waals surface area contributed by atoms with Crippen molar-refractivity contribution in [3.63, 3.8) is 0 Å². The van der Waals surface area contributed by atoms with Crippen molar-refractivity contribution >= 4 is 34.7 Å². The maximum Gasteiger partial charge on any atom is 0.272 e. The van der Waals surface area contributed by atoms with Gasteiger partial charge in [0, 0.05) is 28.9 Å². The predicted molar refractivity (Wildman–Crippen MR) is 156 cm³/mol. The van der Waals surface area contributed by atoms with Crippen molar-refractivity contribution in [2.75, 3.05) is 19.5 Å². The first-order valence-corrected chi connectivity index (χ1v) is 13.4. The van der Waals surface area contributed by atoms with Crippen LogP contribution in [-0.2, 0) is 4.79 Å². The summed E-state index contributed by atoms with van der Waals surface area (Å²) in [5, 5.41) is 14.4. The summed E-state index contributed by atoms with van der Waals surface area (Å²) in [5.74, 6) is 0.566. The van der Waals surface area contributed by atoms with Crippen LogP contribution in [0.15, 0.2) is 87.8 Å². The molecule has 0 fully saturated rings. The van der Waals surface area contributed by atoms with Crippen LogP contribution in [0.3, 0.4) is 0 Å². The quantitative estimate of drug-likeness (QED) is 0.263. The number of nitrogens with zero attached hydrogens (tertiary/aromatic N) is 3. The van der Waals surface area contributed by atoms with E-state index < -0.39 is 22.4 Å². The number of allylic oxidation sites excluding steroid dienone is 1. The molecular formula is C30H26N4O6S. The Hall–Kier alpha value is -5.03. The predicted octanol–water partition coefficient (Wildman–Crippen LogP) is 4.11. The smallest absolute Gasteiger partial charge is 0.272 e. The Labute approximate surface area is 238 Å². The first-order chi connectivity index (χ1) is 19.7. The lowest BCUT2D eigenvalue weighted by molar-refractivity contribution is -0.385. The normalized spacial score (nSPS) is 14.7. The number of nitro benzene ring substituents is 1. The Kier molecular flexibility index (Phi) is 7.54. The molecule has 1 aliphatic rings. The summed E-state index contributed by atoms with van der Waals surface area (Å²) < 4.78 is 12.8. The largest absolute Gasteiger partial charge is 0.497 e. The summed E-state index contributed by atoms with van der Waals surface area (Å²) in [6.07, 6.45) is 1.60. The second kappa shape index (κ2) is 11.2. The van der Waals surface area contributed by atoms with Gasteiger partial charge in [-0.2, -0.15) is 0 Å². The summed E-state index contributed by atoms with van der Waals surface area (Å²) in [5.41, 5.74) is 2.48. The molecule has 208 valence electrons. The second-order valence-electron chi connectivity index (χ2n) is 9.31. The molecule has 0 unspecified atom stereocenters. The van der Waals surface area contributed by atoms with Crippen LogP contribution in [0.1, 0.15) is 29.7 Å². The number of ether oxygens (including phenoxy) is 2. The minimum atomic E-state index is -0.870. The van der Waals surface area contributed by atoms with E-state index in [0.29, 0.717) is 48.9 Å². The fraction of sp³-hybridized carbons (Fsp3) is 0.167. The maximum atomic E-state index is 14.0. The van der Waals surface area contributed by atoms with Crippen LogP contribution < -0.4 is 29.7 Å². The average molecular weight is 571 g/mol. The highest BCUT2D eigenvalue weighted by molar-refractivity contribution is 7.07. The van der Waals surface area contributed by atoms with E-state index in [-0.39, 0.29) is 11.3 Å². The Bertz CT molecular complexity index is 1890. The molecule has 4 aromatic rings. The topological polar surface area (TPSA) is 125 Å². The van der Waals surface area contributed by atoms with Crippen molar-refractivity contribution in [1.82, 2.24) is 4.57 Å². The number of amides is 1. The second-order valence-corrected chi connectivity index (χ2v) is 10.3. The number of nitro groups is 1. The summed E-state index contributed by atoms with van der Waals surface area (Å²) in [6.45, 7) is 3.38. The van der Waals surface area contributed by atoms with Crippen molar-refractivity contribution in [1.29, 1.82) is 0 Å². The van der Waals surface area contributed by atoms with Gasteiger partial charge in [-0.25, -0.2) is 4.99 Å². The van der Waals surface area contributed by atoms with Gasteiger partial charge in [0.05, 0.1) is 34.9 Å². The van der Waals surface area contributed by atoms with Crippen molar-refractivity contribution in [3.05, 3.63) is 124 Å². The van der Waals surface area contributed by atoms with Gasteiger partial charge in [-0.05, 0) is 49.8 Å². The Morgan fingerprint density at radius 1 is 1.07 bits per heavy atom. The molecule has 0 spiro atoms. The molecule has 0 saturated carbocycles. The molecule has 11 heteroatoms. The summed E-state index contributed by atoms with van der Waals surface area (Å²) >= 11 is 1.14. The van der Waals surface area contributed by atoms with Gasteiger partial charge in [-0.3, -0.25) is 24.3 Å². The molecule has 3 aromatic carbocycles. The zero-order chi connectivity index (χ0) is 29.3. The molecular weight excluding hydrogens is 544 g/mol. The highest BCUT2D eigenvalue weighted by Crippen LogP contribution is 2.37. The van der Waals surface area contributed by atoms with E-state index in [1.165, 1.54) is 24.9 Å². The van der Waals surface area contributed by atoms with Crippen LogP contribution in [0.25, 0.3) is 6.08 Å². The fourth-order valence-electron chi connectivity index (χ4n) is 4.73. The monoisotopic (exact) mass is 570 g/mol. The molecule has 0 radical (unpaired) electrons. The number of anilines is 1. The number of aryl methyl sites for hydroxylation is 1. The minimum absolute atomic E-state index is 0.0388. The number of aromatic nitrogens is 1. The minimum Gasteiger partial charge on any atom is -0.497 e. The fourth-order valence-corrected chi connectivity index (χ4v) is 5.78. The lowest BCUT2D eigenvalue weighted by Gasteiger charge is -2.26. The van der Waals surface area contributed by atoms with Gasteiger partial charge in [0.25, 0.3) is 17.2 Å². The third-order valence-corrected chi connectivity index (χ3v) is 7.74. The zero-order valence-electron chi connectivity index (χ0n) is 22.7. The molecule has 0 bridgehead atoms. The number of rotatable bonds is 7. The van der Waals surface area contributed by atoms with Crippen molar-refractivity contribution in [2.24, 2.45) is 4.99 Å². The first-order valence-electron chi connectivity index (χ1n) is 12.6. The number of benzene rings is 3. The van der Waals surface area contributed by atoms with Crippen LogP contribution in [0.2, 0.25) is 0 Å². The molecule has 0 aliphatic carbocycles. The van der Waals surface area contributed by atoms with E-state index >= 15 is 0 Å². The van der Waals surface area contributed by atoms with E-state index in [1.807, 2.05) is 18.2 Å². The molecule has 5 rings (SSSR count). The number of thiazole rings is 1. The number of carbonyl (C=O) groups excluding carboxylic acids is 1. The highest BCUT2D eigenvalue weighted by atomic mass is 32.1. The van der Waals surface area contributed by atoms with E-state index in [1.54, 1.807) is 62.4 Å². The van der Waals surface area contributed by atoms with Gasteiger partial charge in [-0.15, -0.1) is 0 Å². The third-order valence-electron chi connectivity index (χ3n) is 6.76. The van der Waals surface area contributed by atoms with Gasteiger partial charge < -0.3 is 14.8 Å². The number of para-hydroxylation sites is 1. The molecule has 1 aliphatic heterocycles. The lowest BCUT2D eigenvalue weighted by atomic mass is 9.94. The number of nitrogens with one attached hydrogen (secondary N) is 1. The molecule has 2 heterocycles. The molecule has 41 heavy (non-hydrogen) atoms. The van der Waals surface area contributed by atoms with Crippen molar-refractivity contribution in [3.8, 4) is 11.5 Å². The first kappa shape index (κ1) is 27.5. The summed E-state index contributed by atoms with van der Waals surface area (Å²) in [7, 11) is 3.04. The van der Waals surface area contributed by atoms with E-state index in [4.69, 9.17) is 9.47 Å². The van der Waals surface area contributed by atoms with E-state index in [2.05, 4.69) is 10.3 Å². The summed E-state index contributed by atoms with van der Waals surface area (Å²) in [4.78, 5) is 43.8. The molecule has 0 saturated heterocycles. The van der Waals surface area contributed by atoms with Crippen LogP contribution in [0, 0.1) is 17.0 Å². The molecule has 1 amide bonds. The number of fused-ring (bicyclic) bond motifs is 1. The van der Waals surface area contributed by atoms with Crippen LogP contribution >= 0.6 is 11.3 Å². The Balaban J connectivity index is 1.72. The standard InChI is InChI=1S/C30H26N4O6S/c1-17-10-11-19(14-23(17)34(37)38)15-25-29(36)33-27(22-13-12-21(39-3)16-24(22)40-4)26(18(2)31-30(33)41-25)28(35)32-20-8-6-5-7-9-20/h5-16,27H,1-4H3,(H,32,35)/b25-15-/t27-/m1/s1. The third kappa shape index (κ3) is 5.27. The van der Waals surface area contributed by atoms with E-state index in [0.717, 1.165) is 11.3 Å². The van der Waals surface area contributed by atoms with Gasteiger partial charge in [-0.1, -0.05) is 41.7 Å². The average Bonchev–Trinajstić information content (AvgIpc) is 3.27. The maximum absolute atomic E-state index is 14.0. The SMILES string of the molecule is COc1ccc([C@@H]2C(C(=O)Nc3ccccc3)=C(C)N=c3s/c(=C\c4ccc(C)c([N+](=O)[O-])c4)c(=O)n32)c(OC)c1.